The molecule has 20 heavy (non-hydrogen) atoms. The number of aryl methyl sites for hydroxylation is 2. The van der Waals surface area contributed by atoms with E-state index in [4.69, 9.17) is 23.2 Å². The molecule has 0 aliphatic carbocycles. The normalized spacial score (nSPS) is 11.3. The van der Waals surface area contributed by atoms with Crippen LogP contribution in [-0.2, 0) is 13.0 Å². The van der Waals surface area contributed by atoms with Crippen molar-refractivity contribution in [2.75, 3.05) is 5.88 Å². The van der Waals surface area contributed by atoms with Crippen LogP contribution in [0.5, 0.6) is 0 Å². The zero-order chi connectivity index (χ0) is 14.1. The molecule has 0 spiro atoms. The molecule has 1 aromatic carbocycles. The lowest BCUT2D eigenvalue weighted by atomic mass is 10.3. The van der Waals surface area contributed by atoms with Crippen LogP contribution in [0.2, 0.25) is 5.02 Å². The Hall–Kier alpha value is -1.10. The van der Waals surface area contributed by atoms with E-state index in [1.54, 1.807) is 11.3 Å². The van der Waals surface area contributed by atoms with Gasteiger partial charge in [0, 0.05) is 22.7 Å². The summed E-state index contributed by atoms with van der Waals surface area (Å²) in [6, 6.07) is 5.75. The average molecular weight is 326 g/mol. The van der Waals surface area contributed by atoms with Gasteiger partial charge in [-0.25, -0.2) is 9.97 Å². The summed E-state index contributed by atoms with van der Waals surface area (Å²) in [5.74, 6) is 1.52. The summed E-state index contributed by atoms with van der Waals surface area (Å²) >= 11 is 13.6. The molecule has 0 aliphatic rings. The maximum Gasteiger partial charge on any atom is 0.111 e. The molecular weight excluding hydrogens is 313 g/mol. The van der Waals surface area contributed by atoms with E-state index in [0.717, 1.165) is 34.0 Å². The van der Waals surface area contributed by atoms with Gasteiger partial charge in [0.15, 0.2) is 0 Å². The summed E-state index contributed by atoms with van der Waals surface area (Å²) in [5.41, 5.74) is 3.02. The summed E-state index contributed by atoms with van der Waals surface area (Å²) in [5, 5.41) is 3.86. The van der Waals surface area contributed by atoms with E-state index in [1.807, 2.05) is 25.1 Å². The number of nitrogens with zero attached hydrogens (tertiary/aromatic N) is 3. The minimum Gasteiger partial charge on any atom is -0.322 e. The van der Waals surface area contributed by atoms with Crippen molar-refractivity contribution in [3.8, 4) is 0 Å². The number of alkyl halides is 1. The van der Waals surface area contributed by atoms with Crippen molar-refractivity contribution in [1.29, 1.82) is 0 Å². The van der Waals surface area contributed by atoms with Crippen molar-refractivity contribution in [3.63, 3.8) is 0 Å². The number of fused-ring (bicyclic) bond motifs is 1. The first kappa shape index (κ1) is 13.9. The fourth-order valence-corrected chi connectivity index (χ4v) is 3.18. The van der Waals surface area contributed by atoms with Crippen LogP contribution in [0.15, 0.2) is 23.6 Å². The Bertz CT molecular complexity index is 748. The molecule has 0 bridgehead atoms. The number of hydrogen-bond acceptors (Lipinski definition) is 3. The van der Waals surface area contributed by atoms with Crippen molar-refractivity contribution in [2.24, 2.45) is 0 Å². The van der Waals surface area contributed by atoms with E-state index in [0.29, 0.717) is 17.4 Å². The summed E-state index contributed by atoms with van der Waals surface area (Å²) in [7, 11) is 0. The van der Waals surface area contributed by atoms with E-state index in [-0.39, 0.29) is 0 Å². The van der Waals surface area contributed by atoms with Gasteiger partial charge in [0.25, 0.3) is 0 Å². The van der Waals surface area contributed by atoms with Crippen LogP contribution in [0.4, 0.5) is 0 Å². The molecule has 6 heteroatoms. The molecule has 0 saturated carbocycles. The third-order valence-electron chi connectivity index (χ3n) is 3.09. The van der Waals surface area contributed by atoms with E-state index in [1.165, 1.54) is 0 Å². The molecule has 0 aliphatic heterocycles. The van der Waals surface area contributed by atoms with Gasteiger partial charge in [-0.3, -0.25) is 0 Å². The monoisotopic (exact) mass is 325 g/mol. The fraction of sp³-hybridized carbons (Fsp3) is 0.286. The Balaban J connectivity index is 2.09. The van der Waals surface area contributed by atoms with E-state index in [2.05, 4.69) is 19.9 Å². The maximum atomic E-state index is 6.10. The minimum atomic E-state index is 0.549. The topological polar surface area (TPSA) is 30.7 Å². The van der Waals surface area contributed by atoms with E-state index < -0.39 is 0 Å². The highest BCUT2D eigenvalue weighted by Crippen LogP contribution is 2.23. The van der Waals surface area contributed by atoms with Gasteiger partial charge in [-0.1, -0.05) is 11.6 Å². The van der Waals surface area contributed by atoms with E-state index in [9.17, 15) is 0 Å². The van der Waals surface area contributed by atoms with Crippen LogP contribution < -0.4 is 0 Å². The predicted molar refractivity (Wildman–Crippen MR) is 85.1 cm³/mol. The molecule has 0 atom stereocenters. The lowest BCUT2D eigenvalue weighted by Crippen LogP contribution is -2.06. The molecule has 2 heterocycles. The average Bonchev–Trinajstić information content (AvgIpc) is 2.96. The number of hydrogen-bond donors (Lipinski definition) is 0. The molecule has 104 valence electrons. The maximum absolute atomic E-state index is 6.10. The van der Waals surface area contributed by atoms with Gasteiger partial charge in [0.05, 0.1) is 28.3 Å². The van der Waals surface area contributed by atoms with Gasteiger partial charge < -0.3 is 4.57 Å². The van der Waals surface area contributed by atoms with Crippen LogP contribution in [0.25, 0.3) is 11.0 Å². The molecule has 0 radical (unpaired) electrons. The Morgan fingerprint density at radius 3 is 2.85 bits per heavy atom. The Morgan fingerprint density at radius 2 is 2.15 bits per heavy atom. The lowest BCUT2D eigenvalue weighted by Gasteiger charge is -2.06. The first-order valence-corrected chi connectivity index (χ1v) is 8.08. The summed E-state index contributed by atoms with van der Waals surface area (Å²) < 4.78 is 2.15. The predicted octanol–water partition coefficient (Wildman–Crippen LogP) is 4.28. The third-order valence-corrected chi connectivity index (χ3v) is 4.34. The van der Waals surface area contributed by atoms with Gasteiger partial charge in [-0.05, 0) is 25.1 Å². The van der Waals surface area contributed by atoms with Gasteiger partial charge in [0.2, 0.25) is 0 Å². The molecule has 3 rings (SSSR count). The van der Waals surface area contributed by atoms with Crippen LogP contribution in [0, 0.1) is 6.92 Å². The second-order valence-electron chi connectivity index (χ2n) is 4.54. The fourth-order valence-electron chi connectivity index (χ4n) is 2.24. The third kappa shape index (κ3) is 2.68. The lowest BCUT2D eigenvalue weighted by molar-refractivity contribution is 0.740. The standard InChI is InChI=1S/C14H13Cl2N3S/c1-9-17-11(8-20-9)7-19-13-6-10(16)2-3-12(13)18-14(19)4-5-15/h2-3,6,8H,4-5,7H2,1H3. The smallest absolute Gasteiger partial charge is 0.111 e. The number of thiazole rings is 1. The van der Waals surface area contributed by atoms with Gasteiger partial charge in [-0.15, -0.1) is 22.9 Å². The zero-order valence-electron chi connectivity index (χ0n) is 10.9. The van der Waals surface area contributed by atoms with Gasteiger partial charge in [0.1, 0.15) is 5.82 Å². The summed E-state index contributed by atoms with van der Waals surface area (Å²) in [4.78, 5) is 9.16. The molecule has 3 aromatic rings. The molecule has 0 fully saturated rings. The summed E-state index contributed by atoms with van der Waals surface area (Å²) in [6.07, 6.45) is 0.733. The number of aromatic nitrogens is 3. The van der Waals surface area contributed by atoms with Gasteiger partial charge in [-0.2, -0.15) is 0 Å². The van der Waals surface area contributed by atoms with Crippen molar-refractivity contribution in [3.05, 3.63) is 45.1 Å². The van der Waals surface area contributed by atoms with Crippen molar-refractivity contribution in [1.82, 2.24) is 14.5 Å². The largest absolute Gasteiger partial charge is 0.322 e. The van der Waals surface area contributed by atoms with Crippen LogP contribution in [0.3, 0.4) is 0 Å². The second kappa shape index (κ2) is 5.72. The number of halogens is 2. The number of benzene rings is 1. The van der Waals surface area contributed by atoms with Gasteiger partial charge >= 0.3 is 0 Å². The molecule has 2 aromatic heterocycles. The molecule has 0 N–H and O–H groups in total. The molecule has 0 saturated heterocycles. The Morgan fingerprint density at radius 1 is 1.30 bits per heavy atom. The van der Waals surface area contributed by atoms with Crippen LogP contribution >= 0.6 is 34.5 Å². The molecule has 0 unspecified atom stereocenters. The molecule has 3 nitrogen and oxygen atoms in total. The molecular formula is C14H13Cl2N3S. The molecule has 0 amide bonds. The van der Waals surface area contributed by atoms with Crippen molar-refractivity contribution < 1.29 is 0 Å². The zero-order valence-corrected chi connectivity index (χ0v) is 13.3. The van der Waals surface area contributed by atoms with Crippen molar-refractivity contribution in [2.45, 2.75) is 19.9 Å². The van der Waals surface area contributed by atoms with Crippen LogP contribution in [-0.4, -0.2) is 20.4 Å². The quantitative estimate of drug-likeness (QED) is 0.670. The van der Waals surface area contributed by atoms with Crippen LogP contribution in [0.1, 0.15) is 16.5 Å². The highest BCUT2D eigenvalue weighted by atomic mass is 35.5. The first-order chi connectivity index (χ1) is 9.67. The SMILES string of the molecule is Cc1nc(Cn2c(CCCl)nc3ccc(Cl)cc32)cs1. The first-order valence-electron chi connectivity index (χ1n) is 6.29. The number of imidazole rings is 1. The Kier molecular flexibility index (Phi) is 3.96. The highest BCUT2D eigenvalue weighted by molar-refractivity contribution is 7.09. The Labute approximate surface area is 131 Å². The summed E-state index contributed by atoms with van der Waals surface area (Å²) in [6.45, 7) is 2.71. The second-order valence-corrected chi connectivity index (χ2v) is 6.42. The number of rotatable bonds is 4. The van der Waals surface area contributed by atoms with Crippen molar-refractivity contribution >= 4 is 45.6 Å². The van der Waals surface area contributed by atoms with E-state index >= 15 is 0 Å². The minimum absolute atomic E-state index is 0.549. The highest BCUT2D eigenvalue weighted by Gasteiger charge is 2.12.